The van der Waals surface area contributed by atoms with Crippen LogP contribution in [0.1, 0.15) is 12.0 Å². The van der Waals surface area contributed by atoms with E-state index in [-0.39, 0.29) is 11.3 Å². The van der Waals surface area contributed by atoms with Crippen LogP contribution in [-0.4, -0.2) is 48.8 Å². The first kappa shape index (κ1) is 16.8. The molecule has 0 radical (unpaired) electrons. The third kappa shape index (κ3) is 2.46. The van der Waals surface area contributed by atoms with Gasteiger partial charge in [0.1, 0.15) is 5.65 Å². The molecule has 2 aromatic heterocycles. The van der Waals surface area contributed by atoms with Crippen molar-refractivity contribution in [2.45, 2.75) is 6.42 Å². The molecular formula is C21H22N6O. The quantitative estimate of drug-likeness (QED) is 0.528. The molecule has 0 saturated carbocycles. The van der Waals surface area contributed by atoms with Gasteiger partial charge in [-0.1, -0.05) is 6.07 Å². The number of carbonyl (C=O) groups excluding carboxylic acids is 1. The van der Waals surface area contributed by atoms with Gasteiger partial charge in [0.2, 0.25) is 5.91 Å². The van der Waals surface area contributed by atoms with Crippen LogP contribution < -0.4 is 15.5 Å². The molecule has 142 valence electrons. The van der Waals surface area contributed by atoms with E-state index >= 15 is 0 Å². The molecule has 4 heterocycles. The molecule has 7 nitrogen and oxygen atoms in total. The number of rotatable bonds is 4. The van der Waals surface area contributed by atoms with Gasteiger partial charge in [-0.15, -0.1) is 0 Å². The van der Waals surface area contributed by atoms with E-state index in [2.05, 4.69) is 37.6 Å². The number of aromatic amines is 1. The van der Waals surface area contributed by atoms with Crippen molar-refractivity contribution in [3.63, 3.8) is 0 Å². The zero-order valence-electron chi connectivity index (χ0n) is 15.7. The third-order valence-corrected chi connectivity index (χ3v) is 5.91. The highest BCUT2D eigenvalue weighted by Crippen LogP contribution is 2.45. The maximum atomic E-state index is 11.7. The van der Waals surface area contributed by atoms with E-state index < -0.39 is 0 Å². The lowest BCUT2D eigenvalue weighted by Crippen LogP contribution is -2.57. The Balaban J connectivity index is 1.60. The molecule has 1 aromatic carbocycles. The van der Waals surface area contributed by atoms with Gasteiger partial charge in [-0.3, -0.25) is 4.79 Å². The first-order chi connectivity index (χ1) is 13.6. The summed E-state index contributed by atoms with van der Waals surface area (Å²) in [5.41, 5.74) is 5.90. The number of hydrogen-bond donors (Lipinski definition) is 4. The fraction of sp³-hybridized carbons (Fsp3) is 0.286. The van der Waals surface area contributed by atoms with E-state index in [9.17, 15) is 4.79 Å². The molecule has 0 aliphatic carbocycles. The summed E-state index contributed by atoms with van der Waals surface area (Å²) in [7, 11) is 1.86. The minimum atomic E-state index is 0.0519. The summed E-state index contributed by atoms with van der Waals surface area (Å²) in [6, 6.07) is 8.14. The van der Waals surface area contributed by atoms with Crippen molar-refractivity contribution >= 4 is 34.5 Å². The van der Waals surface area contributed by atoms with Crippen LogP contribution in [0.5, 0.6) is 0 Å². The molecule has 2 aliphatic heterocycles. The monoisotopic (exact) mass is 374 g/mol. The molecule has 5 rings (SSSR count). The van der Waals surface area contributed by atoms with Gasteiger partial charge in [-0.25, -0.2) is 4.98 Å². The Labute approximate surface area is 162 Å². The second-order valence-electron chi connectivity index (χ2n) is 7.77. The van der Waals surface area contributed by atoms with Crippen molar-refractivity contribution in [3.05, 3.63) is 42.2 Å². The molecule has 2 saturated heterocycles. The van der Waals surface area contributed by atoms with Crippen LogP contribution in [0.15, 0.2) is 36.7 Å². The number of amides is 1. The normalized spacial score (nSPS) is 17.6. The molecular weight excluding hydrogens is 352 g/mol. The Morgan fingerprint density at radius 2 is 2.18 bits per heavy atom. The number of nitrogens with zero attached hydrogens (tertiary/aromatic N) is 2. The summed E-state index contributed by atoms with van der Waals surface area (Å²) < 4.78 is 0. The van der Waals surface area contributed by atoms with Gasteiger partial charge >= 0.3 is 0 Å². The summed E-state index contributed by atoms with van der Waals surface area (Å²) in [5.74, 6) is 0.152. The second-order valence-corrected chi connectivity index (χ2v) is 7.77. The minimum absolute atomic E-state index is 0.0519. The number of pyridine rings is 1. The summed E-state index contributed by atoms with van der Waals surface area (Å²) >= 11 is 0. The van der Waals surface area contributed by atoms with Crippen molar-refractivity contribution in [3.8, 4) is 11.1 Å². The molecule has 2 aliphatic rings. The van der Waals surface area contributed by atoms with E-state index in [0.717, 1.165) is 58.7 Å². The van der Waals surface area contributed by atoms with Crippen LogP contribution in [-0.2, 0) is 4.79 Å². The zero-order chi connectivity index (χ0) is 19.3. The molecule has 2 fully saturated rings. The predicted octanol–water partition coefficient (Wildman–Crippen LogP) is 2.60. The highest BCUT2D eigenvalue weighted by Gasteiger charge is 2.49. The number of anilines is 2. The topological polar surface area (TPSA) is 96.9 Å². The number of hydrogen-bond acceptors (Lipinski definition) is 5. The lowest BCUT2D eigenvalue weighted by atomic mass is 9.78. The fourth-order valence-electron chi connectivity index (χ4n) is 4.52. The van der Waals surface area contributed by atoms with Gasteiger partial charge < -0.3 is 25.9 Å². The van der Waals surface area contributed by atoms with Crippen molar-refractivity contribution in [2.75, 3.05) is 36.9 Å². The van der Waals surface area contributed by atoms with Crippen molar-refractivity contribution in [2.24, 2.45) is 5.41 Å². The van der Waals surface area contributed by atoms with E-state index in [0.29, 0.717) is 6.42 Å². The Bertz CT molecular complexity index is 1100. The lowest BCUT2D eigenvalue weighted by Gasteiger charge is -2.49. The first-order valence-corrected chi connectivity index (χ1v) is 9.43. The molecule has 0 unspecified atom stereocenters. The van der Waals surface area contributed by atoms with E-state index in [4.69, 9.17) is 5.41 Å². The molecule has 3 aromatic rings. The summed E-state index contributed by atoms with van der Waals surface area (Å²) in [4.78, 5) is 21.9. The zero-order valence-corrected chi connectivity index (χ0v) is 15.7. The van der Waals surface area contributed by atoms with Crippen molar-refractivity contribution in [1.29, 1.82) is 5.41 Å². The number of carbonyl (C=O) groups is 1. The highest BCUT2D eigenvalue weighted by molar-refractivity contribution is 6.00. The number of aromatic nitrogens is 2. The third-order valence-electron chi connectivity index (χ3n) is 5.91. The number of H-pyrrole nitrogens is 1. The average Bonchev–Trinajstić information content (AvgIpc) is 3.32. The van der Waals surface area contributed by atoms with Crippen LogP contribution in [0.25, 0.3) is 22.2 Å². The largest absolute Gasteiger partial charge is 0.388 e. The number of nitrogens with one attached hydrogen (secondary N) is 4. The van der Waals surface area contributed by atoms with Crippen LogP contribution in [0.2, 0.25) is 0 Å². The molecule has 1 amide bonds. The van der Waals surface area contributed by atoms with Crippen LogP contribution in [0, 0.1) is 10.8 Å². The summed E-state index contributed by atoms with van der Waals surface area (Å²) in [6.45, 7) is 2.47. The first-order valence-electron chi connectivity index (χ1n) is 9.43. The maximum absolute atomic E-state index is 11.7. The van der Waals surface area contributed by atoms with Gasteiger partial charge in [0.25, 0.3) is 0 Å². The standard InChI is InChI=1S/C21H22N6O/c1-23-17-3-2-13(6-14(17)8-22)16-9-25-20-15(4-5-24-20)19(16)27-11-21(12-27)7-18(28)26-10-21/h2-6,8-9,22-23H,7,10-12H2,1H3,(H,24,25)(H,26,28). The number of fused-ring (bicyclic) bond motifs is 1. The fourth-order valence-corrected chi connectivity index (χ4v) is 4.52. The summed E-state index contributed by atoms with van der Waals surface area (Å²) in [5, 5.41) is 14.9. The molecule has 4 N–H and O–H groups in total. The molecule has 0 atom stereocenters. The number of benzene rings is 1. The molecule has 1 spiro atoms. The predicted molar refractivity (Wildman–Crippen MR) is 111 cm³/mol. The maximum Gasteiger partial charge on any atom is 0.220 e. The van der Waals surface area contributed by atoms with Crippen LogP contribution in [0.4, 0.5) is 11.4 Å². The van der Waals surface area contributed by atoms with E-state index in [1.165, 1.54) is 6.21 Å². The molecule has 7 heteroatoms. The second kappa shape index (κ2) is 6.09. The molecule has 28 heavy (non-hydrogen) atoms. The van der Waals surface area contributed by atoms with Crippen LogP contribution >= 0.6 is 0 Å². The molecule has 0 bridgehead atoms. The Morgan fingerprint density at radius 3 is 2.89 bits per heavy atom. The highest BCUT2D eigenvalue weighted by atomic mass is 16.1. The van der Waals surface area contributed by atoms with E-state index in [1.807, 2.05) is 31.6 Å². The van der Waals surface area contributed by atoms with Gasteiger partial charge in [0, 0.05) is 79.3 Å². The Hall–Kier alpha value is -3.35. The van der Waals surface area contributed by atoms with Crippen molar-refractivity contribution in [1.82, 2.24) is 15.3 Å². The lowest BCUT2D eigenvalue weighted by molar-refractivity contribution is -0.119. The van der Waals surface area contributed by atoms with E-state index in [1.54, 1.807) is 0 Å². The Morgan fingerprint density at radius 1 is 1.32 bits per heavy atom. The smallest absolute Gasteiger partial charge is 0.220 e. The Kier molecular flexibility index (Phi) is 3.65. The summed E-state index contributed by atoms with van der Waals surface area (Å²) in [6.07, 6.45) is 5.79. The minimum Gasteiger partial charge on any atom is -0.388 e. The van der Waals surface area contributed by atoms with Crippen LogP contribution in [0.3, 0.4) is 0 Å². The average molecular weight is 374 g/mol. The van der Waals surface area contributed by atoms with Crippen molar-refractivity contribution < 1.29 is 4.79 Å². The van der Waals surface area contributed by atoms with Gasteiger partial charge in [-0.05, 0) is 23.8 Å². The van der Waals surface area contributed by atoms with Gasteiger partial charge in [0.05, 0.1) is 5.69 Å². The van der Waals surface area contributed by atoms with Gasteiger partial charge in [-0.2, -0.15) is 0 Å². The van der Waals surface area contributed by atoms with Gasteiger partial charge in [0.15, 0.2) is 0 Å². The SMILES string of the molecule is CNc1ccc(-c2cnc3[nH]ccc3c2N2CC3(CNC(=O)C3)C2)cc1C=N.